The van der Waals surface area contributed by atoms with Crippen molar-refractivity contribution in [1.29, 1.82) is 0 Å². The van der Waals surface area contributed by atoms with Crippen LogP contribution in [0, 0.1) is 0 Å². The van der Waals surface area contributed by atoms with Crippen molar-refractivity contribution >= 4 is 17.7 Å². The molecule has 2 aromatic rings. The topological polar surface area (TPSA) is 67.8 Å². The number of thioether (sulfide) groups is 1. The molecule has 0 bridgehead atoms. The molecule has 0 saturated carbocycles. The van der Waals surface area contributed by atoms with Crippen molar-refractivity contribution in [1.82, 2.24) is 15.6 Å². The fourth-order valence-corrected chi connectivity index (χ4v) is 2.84. The number of ether oxygens (including phenoxy) is 2. The Morgan fingerprint density at radius 1 is 1.15 bits per heavy atom. The van der Waals surface area contributed by atoms with E-state index in [4.69, 9.17) is 9.47 Å². The van der Waals surface area contributed by atoms with E-state index < -0.39 is 0 Å². The minimum atomic E-state index is 0.545. The van der Waals surface area contributed by atoms with Crippen LogP contribution >= 0.6 is 11.8 Å². The zero-order chi connectivity index (χ0) is 19.3. The summed E-state index contributed by atoms with van der Waals surface area (Å²) in [7, 11) is 3.41. The number of hydrogen-bond donors (Lipinski definition) is 2. The van der Waals surface area contributed by atoms with Crippen molar-refractivity contribution in [3.63, 3.8) is 0 Å². The van der Waals surface area contributed by atoms with E-state index in [1.165, 1.54) is 12.2 Å². The summed E-state index contributed by atoms with van der Waals surface area (Å²) in [4.78, 5) is 8.61. The minimum absolute atomic E-state index is 0.545. The number of hydrogen-bond acceptors (Lipinski definition) is 5. The van der Waals surface area contributed by atoms with Gasteiger partial charge in [-0.3, -0.25) is 4.99 Å². The highest BCUT2D eigenvalue weighted by atomic mass is 32.2. The summed E-state index contributed by atoms with van der Waals surface area (Å²) >= 11 is 1.88. The number of rotatable bonds is 10. The number of methoxy groups -OCH3 is 1. The second kappa shape index (κ2) is 12.1. The van der Waals surface area contributed by atoms with Crippen LogP contribution in [-0.4, -0.2) is 43.7 Å². The van der Waals surface area contributed by atoms with Crippen molar-refractivity contribution in [3.8, 4) is 17.4 Å². The molecule has 2 rings (SSSR count). The summed E-state index contributed by atoms with van der Waals surface area (Å²) in [5.41, 5.74) is 1.05. The standard InChI is InChI=1S/C20H28N4O2S/c1-21-20(22-11-4-5-12-27-3)24-15-16-9-10-19(23-14-16)26-18-8-6-7-17(13-18)25-2/h6-10,13-14H,4-5,11-12,15H2,1-3H3,(H2,21,22,24). The molecule has 6 nitrogen and oxygen atoms in total. The van der Waals surface area contributed by atoms with Crippen molar-refractivity contribution in [2.45, 2.75) is 19.4 Å². The van der Waals surface area contributed by atoms with Crippen LogP contribution in [-0.2, 0) is 6.54 Å². The average molecular weight is 389 g/mol. The van der Waals surface area contributed by atoms with E-state index in [9.17, 15) is 0 Å². The van der Waals surface area contributed by atoms with Crippen LogP contribution in [0.1, 0.15) is 18.4 Å². The molecule has 0 aliphatic carbocycles. The summed E-state index contributed by atoms with van der Waals surface area (Å²) in [6, 6.07) is 11.3. The highest BCUT2D eigenvalue weighted by Gasteiger charge is 2.02. The van der Waals surface area contributed by atoms with Gasteiger partial charge in [0, 0.05) is 38.5 Å². The molecule has 0 aliphatic rings. The van der Waals surface area contributed by atoms with Gasteiger partial charge >= 0.3 is 0 Å². The molecule has 2 N–H and O–H groups in total. The first kappa shape index (κ1) is 20.9. The molecule has 0 unspecified atom stereocenters. The quantitative estimate of drug-likeness (QED) is 0.368. The predicted octanol–water partition coefficient (Wildman–Crippen LogP) is 3.69. The second-order valence-corrected chi connectivity index (χ2v) is 6.82. The number of benzene rings is 1. The lowest BCUT2D eigenvalue weighted by atomic mass is 10.3. The predicted molar refractivity (Wildman–Crippen MR) is 113 cm³/mol. The molecule has 146 valence electrons. The van der Waals surface area contributed by atoms with E-state index in [1.54, 1.807) is 20.4 Å². The van der Waals surface area contributed by atoms with E-state index in [-0.39, 0.29) is 0 Å². The maximum absolute atomic E-state index is 5.76. The van der Waals surface area contributed by atoms with Gasteiger partial charge in [0.2, 0.25) is 5.88 Å². The average Bonchev–Trinajstić information content (AvgIpc) is 2.71. The summed E-state index contributed by atoms with van der Waals surface area (Å²) in [5.74, 6) is 3.99. The van der Waals surface area contributed by atoms with Crippen LogP contribution in [0.25, 0.3) is 0 Å². The third-order valence-electron chi connectivity index (χ3n) is 3.81. The number of nitrogens with one attached hydrogen (secondary N) is 2. The van der Waals surface area contributed by atoms with Gasteiger partial charge in [-0.15, -0.1) is 0 Å². The van der Waals surface area contributed by atoms with Crippen LogP contribution in [0.15, 0.2) is 47.6 Å². The van der Waals surface area contributed by atoms with Gasteiger partial charge in [0.05, 0.1) is 7.11 Å². The number of aliphatic imine (C=N–C) groups is 1. The molecule has 0 spiro atoms. The van der Waals surface area contributed by atoms with Gasteiger partial charge in [0.1, 0.15) is 11.5 Å². The molecular weight excluding hydrogens is 360 g/mol. The molecule has 1 heterocycles. The zero-order valence-electron chi connectivity index (χ0n) is 16.2. The van der Waals surface area contributed by atoms with Gasteiger partial charge < -0.3 is 20.1 Å². The van der Waals surface area contributed by atoms with Crippen LogP contribution in [0.3, 0.4) is 0 Å². The lowest BCUT2D eigenvalue weighted by molar-refractivity contribution is 0.407. The highest BCUT2D eigenvalue weighted by molar-refractivity contribution is 7.98. The van der Waals surface area contributed by atoms with Crippen molar-refractivity contribution in [2.24, 2.45) is 4.99 Å². The largest absolute Gasteiger partial charge is 0.497 e. The molecule has 0 atom stereocenters. The van der Waals surface area contributed by atoms with E-state index in [0.29, 0.717) is 18.2 Å². The lowest BCUT2D eigenvalue weighted by Crippen LogP contribution is -2.37. The lowest BCUT2D eigenvalue weighted by Gasteiger charge is -2.12. The maximum atomic E-state index is 5.76. The maximum Gasteiger partial charge on any atom is 0.219 e. The number of aromatic nitrogens is 1. The van der Waals surface area contributed by atoms with E-state index >= 15 is 0 Å². The first-order chi connectivity index (χ1) is 13.2. The van der Waals surface area contributed by atoms with Crippen LogP contribution < -0.4 is 20.1 Å². The first-order valence-corrected chi connectivity index (χ1v) is 10.3. The first-order valence-electron chi connectivity index (χ1n) is 8.95. The third-order valence-corrected chi connectivity index (χ3v) is 4.51. The molecule has 27 heavy (non-hydrogen) atoms. The number of guanidine groups is 1. The van der Waals surface area contributed by atoms with Crippen LogP contribution in [0.4, 0.5) is 0 Å². The Labute approximate surface area is 165 Å². The Morgan fingerprint density at radius 3 is 2.70 bits per heavy atom. The molecule has 1 aromatic carbocycles. The monoisotopic (exact) mass is 388 g/mol. The number of pyridine rings is 1. The van der Waals surface area contributed by atoms with Gasteiger partial charge in [-0.2, -0.15) is 11.8 Å². The van der Waals surface area contributed by atoms with Gasteiger partial charge in [-0.05, 0) is 42.5 Å². The summed E-state index contributed by atoms with van der Waals surface area (Å²) in [5, 5.41) is 6.62. The SMILES string of the molecule is CN=C(NCCCCSC)NCc1ccc(Oc2cccc(OC)c2)nc1. The molecule has 0 radical (unpaired) electrons. The minimum Gasteiger partial charge on any atom is -0.497 e. The fourth-order valence-electron chi connectivity index (χ4n) is 2.35. The van der Waals surface area contributed by atoms with Gasteiger partial charge in [0.25, 0.3) is 0 Å². The molecule has 0 aliphatic heterocycles. The van der Waals surface area contributed by atoms with Crippen molar-refractivity contribution in [3.05, 3.63) is 48.2 Å². The van der Waals surface area contributed by atoms with Crippen molar-refractivity contribution in [2.75, 3.05) is 32.7 Å². The zero-order valence-corrected chi connectivity index (χ0v) is 17.0. The summed E-state index contributed by atoms with van der Waals surface area (Å²) < 4.78 is 11.0. The molecule has 1 aromatic heterocycles. The Bertz CT molecular complexity index is 707. The Kier molecular flexibility index (Phi) is 9.34. The van der Waals surface area contributed by atoms with E-state index in [2.05, 4.69) is 26.9 Å². The Hall–Kier alpha value is -2.41. The number of unbranched alkanes of at least 4 members (excludes halogenated alkanes) is 1. The molecule has 0 amide bonds. The van der Waals surface area contributed by atoms with Crippen LogP contribution in [0.2, 0.25) is 0 Å². The van der Waals surface area contributed by atoms with Gasteiger partial charge in [-0.1, -0.05) is 12.1 Å². The number of nitrogens with zero attached hydrogens (tertiary/aromatic N) is 2. The highest BCUT2D eigenvalue weighted by Crippen LogP contribution is 2.23. The van der Waals surface area contributed by atoms with Gasteiger partial charge in [-0.25, -0.2) is 4.98 Å². The third kappa shape index (κ3) is 7.78. The molecule has 0 fully saturated rings. The molecule has 0 saturated heterocycles. The Morgan fingerprint density at radius 2 is 2.00 bits per heavy atom. The molecule has 7 heteroatoms. The summed E-state index contributed by atoms with van der Waals surface area (Å²) in [6.07, 6.45) is 6.28. The van der Waals surface area contributed by atoms with E-state index in [0.717, 1.165) is 30.2 Å². The Balaban J connectivity index is 1.79. The van der Waals surface area contributed by atoms with Gasteiger partial charge in [0.15, 0.2) is 5.96 Å². The normalized spacial score (nSPS) is 11.1. The molecular formula is C20H28N4O2S. The van der Waals surface area contributed by atoms with Crippen molar-refractivity contribution < 1.29 is 9.47 Å². The smallest absolute Gasteiger partial charge is 0.219 e. The van der Waals surface area contributed by atoms with E-state index in [1.807, 2.05) is 48.2 Å². The summed E-state index contributed by atoms with van der Waals surface area (Å²) in [6.45, 7) is 1.57. The van der Waals surface area contributed by atoms with Crippen LogP contribution in [0.5, 0.6) is 17.4 Å². The fraction of sp³-hybridized carbons (Fsp3) is 0.400. The second-order valence-electron chi connectivity index (χ2n) is 5.84.